The molecule has 0 unspecified atom stereocenters. The Morgan fingerprint density at radius 3 is 2.50 bits per heavy atom. The van der Waals surface area contributed by atoms with Crippen molar-refractivity contribution in [3.05, 3.63) is 77.3 Å². The number of carbonyl (C=O) groups is 1. The summed E-state index contributed by atoms with van der Waals surface area (Å²) in [6, 6.07) is 20.8. The predicted octanol–water partition coefficient (Wildman–Crippen LogP) is 5.64. The lowest BCUT2D eigenvalue weighted by Crippen LogP contribution is -2.15. The van der Waals surface area contributed by atoms with E-state index >= 15 is 0 Å². The first-order valence-corrected chi connectivity index (χ1v) is 11.8. The molecule has 0 saturated heterocycles. The van der Waals surface area contributed by atoms with E-state index in [-0.39, 0.29) is 11.7 Å². The van der Waals surface area contributed by atoms with Gasteiger partial charge in [0.15, 0.2) is 22.5 Å². The number of hydrogen-bond donors (Lipinski definition) is 1. The Labute approximate surface area is 207 Å². The van der Waals surface area contributed by atoms with Crippen molar-refractivity contribution in [1.29, 1.82) is 0 Å². The van der Waals surface area contributed by atoms with E-state index in [9.17, 15) is 4.79 Å². The highest BCUT2D eigenvalue weighted by molar-refractivity contribution is 7.99. The summed E-state index contributed by atoms with van der Waals surface area (Å²) in [5, 5.41) is 12.9. The fraction of sp³-hybridized carbons (Fsp3) is 0.160. The van der Waals surface area contributed by atoms with Gasteiger partial charge in [0.2, 0.25) is 5.91 Å². The summed E-state index contributed by atoms with van der Waals surface area (Å²) in [5.74, 6) is 1.84. The molecule has 1 N–H and O–H groups in total. The normalized spacial score (nSPS) is 10.7. The Kier molecular flexibility index (Phi) is 7.40. The van der Waals surface area contributed by atoms with Gasteiger partial charge in [-0.1, -0.05) is 47.6 Å². The second kappa shape index (κ2) is 10.6. The van der Waals surface area contributed by atoms with Gasteiger partial charge in [0.25, 0.3) is 0 Å². The summed E-state index contributed by atoms with van der Waals surface area (Å²) in [7, 11) is 3.18. The average molecular weight is 495 g/mol. The van der Waals surface area contributed by atoms with Crippen LogP contribution in [0, 0.1) is 6.92 Å². The molecule has 1 amide bonds. The van der Waals surface area contributed by atoms with Crippen LogP contribution in [-0.4, -0.2) is 40.6 Å². The van der Waals surface area contributed by atoms with Gasteiger partial charge in [-0.05, 0) is 55.0 Å². The van der Waals surface area contributed by atoms with Crippen LogP contribution in [0.3, 0.4) is 0 Å². The van der Waals surface area contributed by atoms with E-state index in [1.54, 1.807) is 26.4 Å². The van der Waals surface area contributed by atoms with Crippen LogP contribution in [0.1, 0.15) is 5.56 Å². The summed E-state index contributed by atoms with van der Waals surface area (Å²) in [5.41, 5.74) is 3.20. The monoisotopic (exact) mass is 494 g/mol. The molecule has 1 aromatic heterocycles. The third-order valence-electron chi connectivity index (χ3n) is 5.16. The van der Waals surface area contributed by atoms with E-state index in [1.165, 1.54) is 11.8 Å². The number of anilines is 1. The van der Waals surface area contributed by atoms with E-state index in [2.05, 4.69) is 15.5 Å². The Balaban J connectivity index is 1.63. The van der Waals surface area contributed by atoms with Gasteiger partial charge in [0.1, 0.15) is 0 Å². The number of para-hydroxylation sites is 1. The summed E-state index contributed by atoms with van der Waals surface area (Å²) >= 11 is 7.47. The van der Waals surface area contributed by atoms with Gasteiger partial charge in [-0.2, -0.15) is 0 Å². The fourth-order valence-corrected chi connectivity index (χ4v) is 4.32. The minimum absolute atomic E-state index is 0.156. The topological polar surface area (TPSA) is 78.3 Å². The highest BCUT2D eigenvalue weighted by atomic mass is 35.5. The van der Waals surface area contributed by atoms with E-state index in [0.29, 0.717) is 33.2 Å². The largest absolute Gasteiger partial charge is 0.493 e. The van der Waals surface area contributed by atoms with Gasteiger partial charge in [-0.3, -0.25) is 9.36 Å². The van der Waals surface area contributed by atoms with Crippen LogP contribution in [0.15, 0.2) is 71.9 Å². The number of amides is 1. The molecule has 0 spiro atoms. The van der Waals surface area contributed by atoms with Gasteiger partial charge in [-0.25, -0.2) is 0 Å². The van der Waals surface area contributed by atoms with Crippen LogP contribution in [0.4, 0.5) is 5.69 Å². The number of nitrogens with zero attached hydrogens (tertiary/aromatic N) is 3. The molecule has 0 atom stereocenters. The smallest absolute Gasteiger partial charge is 0.234 e. The van der Waals surface area contributed by atoms with Crippen molar-refractivity contribution in [2.45, 2.75) is 12.1 Å². The second-order valence-electron chi connectivity index (χ2n) is 7.30. The maximum absolute atomic E-state index is 12.7. The lowest BCUT2D eigenvalue weighted by Gasteiger charge is -2.13. The quantitative estimate of drug-likeness (QED) is 0.319. The third kappa shape index (κ3) is 5.03. The molecule has 9 heteroatoms. The Morgan fingerprint density at radius 1 is 1.00 bits per heavy atom. The van der Waals surface area contributed by atoms with Gasteiger partial charge < -0.3 is 14.8 Å². The maximum atomic E-state index is 12.7. The number of methoxy groups -OCH3 is 2. The molecule has 7 nitrogen and oxygen atoms in total. The number of carbonyl (C=O) groups excluding carboxylic acids is 1. The first-order valence-electron chi connectivity index (χ1n) is 10.4. The zero-order valence-electron chi connectivity index (χ0n) is 18.9. The molecule has 34 heavy (non-hydrogen) atoms. The Bertz CT molecular complexity index is 1310. The zero-order valence-corrected chi connectivity index (χ0v) is 20.5. The van der Waals surface area contributed by atoms with Crippen molar-refractivity contribution < 1.29 is 14.3 Å². The molecule has 0 bridgehead atoms. The van der Waals surface area contributed by atoms with Crippen molar-refractivity contribution in [2.24, 2.45) is 0 Å². The van der Waals surface area contributed by atoms with Gasteiger partial charge in [0, 0.05) is 22.0 Å². The number of benzene rings is 3. The van der Waals surface area contributed by atoms with E-state index < -0.39 is 0 Å². The number of hydrogen-bond acceptors (Lipinski definition) is 6. The lowest BCUT2D eigenvalue weighted by molar-refractivity contribution is -0.113. The SMILES string of the molecule is COc1ccc(-c2nnc(SCC(=O)Nc3cccc(Cl)c3C)n2-c2ccccc2)cc1OC. The van der Waals surface area contributed by atoms with E-state index in [1.807, 2.05) is 66.1 Å². The van der Waals surface area contributed by atoms with Crippen LogP contribution < -0.4 is 14.8 Å². The molecule has 1 heterocycles. The summed E-state index contributed by atoms with van der Waals surface area (Å²) in [4.78, 5) is 12.7. The molecule has 4 aromatic rings. The van der Waals surface area contributed by atoms with Crippen molar-refractivity contribution in [3.8, 4) is 28.6 Å². The molecule has 0 radical (unpaired) electrons. The average Bonchev–Trinajstić information content (AvgIpc) is 3.29. The van der Waals surface area contributed by atoms with Crippen molar-refractivity contribution in [2.75, 3.05) is 25.3 Å². The molecule has 4 rings (SSSR count). The number of ether oxygens (including phenoxy) is 2. The third-order valence-corrected chi connectivity index (χ3v) is 6.50. The number of rotatable bonds is 8. The maximum Gasteiger partial charge on any atom is 0.234 e. The summed E-state index contributed by atoms with van der Waals surface area (Å²) in [6.45, 7) is 1.87. The Morgan fingerprint density at radius 2 is 1.76 bits per heavy atom. The summed E-state index contributed by atoms with van der Waals surface area (Å²) in [6.07, 6.45) is 0. The molecule has 0 fully saturated rings. The van der Waals surface area contributed by atoms with Crippen molar-refractivity contribution >= 4 is 35.0 Å². The first kappa shape index (κ1) is 23.7. The van der Waals surface area contributed by atoms with Gasteiger partial charge in [-0.15, -0.1) is 10.2 Å². The minimum Gasteiger partial charge on any atom is -0.493 e. The zero-order chi connectivity index (χ0) is 24.1. The van der Waals surface area contributed by atoms with Gasteiger partial charge >= 0.3 is 0 Å². The fourth-order valence-electron chi connectivity index (χ4n) is 3.39. The molecule has 174 valence electrons. The van der Waals surface area contributed by atoms with Crippen molar-refractivity contribution in [3.63, 3.8) is 0 Å². The molecule has 0 saturated carbocycles. The molecule has 0 aliphatic rings. The van der Waals surface area contributed by atoms with Crippen LogP contribution >= 0.6 is 23.4 Å². The number of nitrogens with one attached hydrogen (secondary N) is 1. The molecule has 0 aliphatic carbocycles. The van der Waals surface area contributed by atoms with Crippen LogP contribution in [-0.2, 0) is 4.79 Å². The lowest BCUT2D eigenvalue weighted by atomic mass is 10.2. The molecular weight excluding hydrogens is 472 g/mol. The predicted molar refractivity (Wildman–Crippen MR) is 135 cm³/mol. The van der Waals surface area contributed by atoms with Crippen LogP contribution in [0.25, 0.3) is 17.1 Å². The molecule has 0 aliphatic heterocycles. The van der Waals surface area contributed by atoms with Crippen LogP contribution in [0.2, 0.25) is 5.02 Å². The molecular formula is C25H23ClN4O3S. The number of thioether (sulfide) groups is 1. The second-order valence-corrected chi connectivity index (χ2v) is 8.65. The van der Waals surface area contributed by atoms with E-state index in [4.69, 9.17) is 21.1 Å². The standard InChI is InChI=1S/C25H23ClN4O3S/c1-16-19(26)10-7-11-20(16)27-23(31)15-34-25-29-28-24(30(25)18-8-5-4-6-9-18)17-12-13-21(32-2)22(14-17)33-3/h4-14H,15H2,1-3H3,(H,27,31). The molecule has 3 aromatic carbocycles. The number of aromatic nitrogens is 3. The van der Waals surface area contributed by atoms with Gasteiger partial charge in [0.05, 0.1) is 20.0 Å². The first-order chi connectivity index (χ1) is 16.5. The van der Waals surface area contributed by atoms with Crippen LogP contribution in [0.5, 0.6) is 11.5 Å². The number of halogens is 1. The van der Waals surface area contributed by atoms with Crippen molar-refractivity contribution in [1.82, 2.24) is 14.8 Å². The summed E-state index contributed by atoms with van der Waals surface area (Å²) < 4.78 is 12.7. The highest BCUT2D eigenvalue weighted by Crippen LogP contribution is 2.34. The Hall–Kier alpha value is -3.49. The minimum atomic E-state index is -0.161. The van der Waals surface area contributed by atoms with E-state index in [0.717, 1.165) is 16.8 Å². The highest BCUT2D eigenvalue weighted by Gasteiger charge is 2.19.